The summed E-state index contributed by atoms with van der Waals surface area (Å²) < 4.78 is 33.8. The van der Waals surface area contributed by atoms with Gasteiger partial charge in [0, 0.05) is 32.8 Å². The Labute approximate surface area is 132 Å². The molecule has 3 heterocycles. The molecule has 22 heavy (non-hydrogen) atoms. The first-order valence-corrected chi connectivity index (χ1v) is 9.76. The van der Waals surface area contributed by atoms with Gasteiger partial charge < -0.3 is 9.30 Å². The average Bonchev–Trinajstić information content (AvgIpc) is 3.13. The molecule has 0 radical (unpaired) electrons. The second-order valence-corrected chi connectivity index (χ2v) is 8.49. The van der Waals surface area contributed by atoms with Gasteiger partial charge in [-0.05, 0) is 32.1 Å². The molecular weight excluding hydrogens is 302 g/mol. The van der Waals surface area contributed by atoms with E-state index >= 15 is 0 Å². The number of ether oxygens (including phenoxy) is 1. The molecule has 1 saturated heterocycles. The lowest BCUT2D eigenvalue weighted by Crippen LogP contribution is -2.30. The molecule has 1 atom stereocenters. The summed E-state index contributed by atoms with van der Waals surface area (Å²) in [6, 6.07) is 0. The van der Waals surface area contributed by atoms with Crippen LogP contribution in [0.3, 0.4) is 0 Å². The molecule has 0 aromatic carbocycles. The molecule has 0 unspecified atom stereocenters. The van der Waals surface area contributed by atoms with Crippen LogP contribution >= 0.6 is 0 Å². The van der Waals surface area contributed by atoms with Gasteiger partial charge in [0.2, 0.25) is 10.0 Å². The van der Waals surface area contributed by atoms with E-state index in [9.17, 15) is 8.42 Å². The lowest BCUT2D eigenvalue weighted by Gasteiger charge is -2.17. The highest BCUT2D eigenvalue weighted by atomic mass is 32.2. The molecule has 1 aromatic rings. The van der Waals surface area contributed by atoms with Crippen molar-refractivity contribution in [3.8, 4) is 0 Å². The number of aryl methyl sites for hydroxylation is 2. The van der Waals surface area contributed by atoms with Gasteiger partial charge in [0.15, 0.2) is 0 Å². The fourth-order valence-corrected chi connectivity index (χ4v) is 4.38. The predicted octanol–water partition coefficient (Wildman–Crippen LogP) is 1.55. The number of fused-ring (bicyclic) bond motifs is 1. The number of nitrogens with zero attached hydrogens (tertiary/aromatic N) is 3. The van der Waals surface area contributed by atoms with Crippen LogP contribution in [-0.4, -0.2) is 47.8 Å². The molecule has 0 bridgehead atoms. The van der Waals surface area contributed by atoms with Crippen molar-refractivity contribution in [2.45, 2.75) is 57.7 Å². The SMILES string of the molecule is CN(Cc1cn2c(n1)CCCC2)S(=O)(=O)CC[C@H]1CCCO1. The summed E-state index contributed by atoms with van der Waals surface area (Å²) >= 11 is 0. The van der Waals surface area contributed by atoms with E-state index < -0.39 is 10.0 Å². The zero-order valence-electron chi connectivity index (χ0n) is 13.2. The molecule has 0 saturated carbocycles. The van der Waals surface area contributed by atoms with Crippen molar-refractivity contribution in [2.24, 2.45) is 0 Å². The lowest BCUT2D eigenvalue weighted by atomic mass is 10.2. The first-order chi connectivity index (χ1) is 10.5. The molecule has 2 aliphatic heterocycles. The Morgan fingerprint density at radius 3 is 3.00 bits per heavy atom. The van der Waals surface area contributed by atoms with Crippen molar-refractivity contribution < 1.29 is 13.2 Å². The topological polar surface area (TPSA) is 64.4 Å². The van der Waals surface area contributed by atoms with Gasteiger partial charge in [0.25, 0.3) is 0 Å². The van der Waals surface area contributed by atoms with Crippen molar-refractivity contribution in [1.82, 2.24) is 13.9 Å². The number of rotatable bonds is 6. The minimum Gasteiger partial charge on any atom is -0.378 e. The molecule has 2 aliphatic rings. The Bertz CT molecular complexity index is 582. The van der Waals surface area contributed by atoms with Crippen LogP contribution in [-0.2, 0) is 34.3 Å². The largest absolute Gasteiger partial charge is 0.378 e. The standard InChI is InChI=1S/C15H25N3O3S/c1-17(22(19,20)10-7-14-5-4-9-21-14)11-13-12-18-8-3-2-6-15(18)16-13/h12,14H,2-11H2,1H3/t14-/m1/s1. The zero-order valence-corrected chi connectivity index (χ0v) is 14.0. The number of hydrogen-bond acceptors (Lipinski definition) is 4. The maximum absolute atomic E-state index is 12.4. The van der Waals surface area contributed by atoms with Gasteiger partial charge in [-0.2, -0.15) is 4.31 Å². The van der Waals surface area contributed by atoms with Crippen LogP contribution in [0.5, 0.6) is 0 Å². The van der Waals surface area contributed by atoms with Crippen molar-refractivity contribution >= 4 is 10.0 Å². The highest BCUT2D eigenvalue weighted by Crippen LogP contribution is 2.19. The lowest BCUT2D eigenvalue weighted by molar-refractivity contribution is 0.108. The Morgan fingerprint density at radius 2 is 2.27 bits per heavy atom. The van der Waals surface area contributed by atoms with E-state index in [1.807, 2.05) is 6.20 Å². The molecular formula is C15H25N3O3S. The van der Waals surface area contributed by atoms with E-state index in [4.69, 9.17) is 4.74 Å². The first-order valence-electron chi connectivity index (χ1n) is 8.15. The van der Waals surface area contributed by atoms with Gasteiger partial charge in [-0.15, -0.1) is 0 Å². The van der Waals surface area contributed by atoms with E-state index in [1.165, 1.54) is 17.1 Å². The zero-order chi connectivity index (χ0) is 15.6. The second kappa shape index (κ2) is 6.68. The summed E-state index contributed by atoms with van der Waals surface area (Å²) in [6.07, 6.45) is 8.07. The van der Waals surface area contributed by atoms with E-state index in [0.29, 0.717) is 13.0 Å². The first kappa shape index (κ1) is 16.0. The smallest absolute Gasteiger partial charge is 0.214 e. The van der Waals surface area contributed by atoms with Crippen LogP contribution in [0.15, 0.2) is 6.20 Å². The van der Waals surface area contributed by atoms with Crippen molar-refractivity contribution in [2.75, 3.05) is 19.4 Å². The fraction of sp³-hybridized carbons (Fsp3) is 0.800. The second-order valence-electron chi connectivity index (χ2n) is 6.29. The molecule has 1 aromatic heterocycles. The van der Waals surface area contributed by atoms with Crippen molar-refractivity contribution in [1.29, 1.82) is 0 Å². The number of aromatic nitrogens is 2. The normalized spacial score (nSPS) is 22.2. The highest BCUT2D eigenvalue weighted by Gasteiger charge is 2.24. The predicted molar refractivity (Wildman–Crippen MR) is 84.0 cm³/mol. The maximum Gasteiger partial charge on any atom is 0.214 e. The molecule has 124 valence electrons. The van der Waals surface area contributed by atoms with E-state index in [2.05, 4.69) is 9.55 Å². The average molecular weight is 327 g/mol. The van der Waals surface area contributed by atoms with Crippen LogP contribution in [0.4, 0.5) is 0 Å². The minimum absolute atomic E-state index is 0.114. The van der Waals surface area contributed by atoms with Gasteiger partial charge >= 0.3 is 0 Å². The van der Waals surface area contributed by atoms with Crippen LogP contribution in [0, 0.1) is 0 Å². The van der Waals surface area contributed by atoms with E-state index in [0.717, 1.165) is 43.9 Å². The third-order valence-corrected chi connectivity index (χ3v) is 6.37. The summed E-state index contributed by atoms with van der Waals surface area (Å²) in [6.45, 7) is 2.12. The van der Waals surface area contributed by atoms with Gasteiger partial charge in [0.1, 0.15) is 5.82 Å². The summed E-state index contributed by atoms with van der Waals surface area (Å²) in [7, 11) is -1.60. The molecule has 7 heteroatoms. The van der Waals surface area contributed by atoms with Crippen molar-refractivity contribution in [3.63, 3.8) is 0 Å². The van der Waals surface area contributed by atoms with Crippen molar-refractivity contribution in [3.05, 3.63) is 17.7 Å². The van der Waals surface area contributed by atoms with Crippen LogP contribution in [0.25, 0.3) is 0 Å². The Morgan fingerprint density at radius 1 is 1.41 bits per heavy atom. The Kier molecular flexibility index (Phi) is 4.84. The van der Waals surface area contributed by atoms with Gasteiger partial charge in [-0.25, -0.2) is 13.4 Å². The van der Waals surface area contributed by atoms with Crippen LogP contribution in [0.2, 0.25) is 0 Å². The van der Waals surface area contributed by atoms with Crippen LogP contribution in [0.1, 0.15) is 43.6 Å². The van der Waals surface area contributed by atoms with Gasteiger partial charge in [-0.1, -0.05) is 0 Å². The monoisotopic (exact) mass is 327 g/mol. The summed E-state index contributed by atoms with van der Waals surface area (Å²) in [4.78, 5) is 4.57. The highest BCUT2D eigenvalue weighted by molar-refractivity contribution is 7.89. The summed E-state index contributed by atoms with van der Waals surface area (Å²) in [5.41, 5.74) is 0.847. The minimum atomic E-state index is -3.24. The Hall–Kier alpha value is -0.920. The molecule has 0 amide bonds. The number of imidazole rings is 1. The van der Waals surface area contributed by atoms with Crippen LogP contribution < -0.4 is 0 Å². The third kappa shape index (κ3) is 3.70. The summed E-state index contributed by atoms with van der Waals surface area (Å²) in [5, 5.41) is 0. The summed E-state index contributed by atoms with van der Waals surface area (Å²) in [5.74, 6) is 1.24. The molecule has 6 nitrogen and oxygen atoms in total. The number of hydrogen-bond donors (Lipinski definition) is 0. The molecule has 3 rings (SSSR count). The number of sulfonamides is 1. The Balaban J connectivity index is 1.57. The van der Waals surface area contributed by atoms with Gasteiger partial charge in [-0.3, -0.25) is 0 Å². The quantitative estimate of drug-likeness (QED) is 0.795. The van der Waals surface area contributed by atoms with E-state index in [1.54, 1.807) is 7.05 Å². The molecule has 1 fully saturated rings. The maximum atomic E-state index is 12.4. The van der Waals surface area contributed by atoms with Gasteiger partial charge in [0.05, 0.1) is 24.1 Å². The molecule has 0 spiro atoms. The fourth-order valence-electron chi connectivity index (χ4n) is 3.18. The third-order valence-electron chi connectivity index (χ3n) is 4.54. The molecule has 0 aliphatic carbocycles. The molecule has 0 N–H and O–H groups in total. The van der Waals surface area contributed by atoms with E-state index in [-0.39, 0.29) is 11.9 Å².